The van der Waals surface area contributed by atoms with Crippen molar-refractivity contribution in [1.29, 1.82) is 0 Å². The van der Waals surface area contributed by atoms with E-state index in [-0.39, 0.29) is 24.2 Å². The van der Waals surface area contributed by atoms with Crippen LogP contribution >= 0.6 is 11.3 Å². The number of ether oxygens (including phenoxy) is 1. The number of hydrogen-bond acceptors (Lipinski definition) is 5. The lowest BCUT2D eigenvalue weighted by atomic mass is 9.93. The van der Waals surface area contributed by atoms with Crippen molar-refractivity contribution >= 4 is 21.6 Å². The van der Waals surface area contributed by atoms with Gasteiger partial charge in [-0.25, -0.2) is 18.2 Å². The molecule has 5 nitrogen and oxygen atoms in total. The third-order valence-electron chi connectivity index (χ3n) is 5.67. The van der Waals surface area contributed by atoms with Gasteiger partial charge in [-0.15, -0.1) is 11.3 Å². The quantitative estimate of drug-likeness (QED) is 0.397. The van der Waals surface area contributed by atoms with Crippen LogP contribution in [-0.2, 0) is 30.7 Å². The minimum Gasteiger partial charge on any atom is -0.379 e. The van der Waals surface area contributed by atoms with Crippen LogP contribution in [-0.4, -0.2) is 28.3 Å². The summed E-state index contributed by atoms with van der Waals surface area (Å²) >= 11 is 1.53. The molecule has 2 aromatic heterocycles. The Morgan fingerprint density at radius 3 is 2.75 bits per heavy atom. The molecule has 1 aromatic carbocycles. The highest BCUT2D eigenvalue weighted by Gasteiger charge is 2.25. The van der Waals surface area contributed by atoms with E-state index in [1.54, 1.807) is 10.9 Å². The Hall–Kier alpha value is -2.23. The Morgan fingerprint density at radius 2 is 2.03 bits per heavy atom. The van der Waals surface area contributed by atoms with Gasteiger partial charge >= 0.3 is 0 Å². The van der Waals surface area contributed by atoms with E-state index in [4.69, 9.17) is 4.74 Å². The fraction of sp³-hybridized carbons (Fsp3) is 0.478. The lowest BCUT2D eigenvalue weighted by Crippen LogP contribution is -2.34. The summed E-state index contributed by atoms with van der Waals surface area (Å²) < 4.78 is 47.2. The maximum absolute atomic E-state index is 13.4. The number of fused-ring (bicyclic) bond motifs is 3. The van der Waals surface area contributed by atoms with Crippen molar-refractivity contribution < 1.29 is 17.9 Å². The molecule has 172 valence electrons. The van der Waals surface area contributed by atoms with Crippen LogP contribution in [0.2, 0.25) is 0 Å². The minimum atomic E-state index is -1.45. The fourth-order valence-corrected chi connectivity index (χ4v) is 5.32. The van der Waals surface area contributed by atoms with Crippen LogP contribution in [0.15, 0.2) is 23.3 Å². The molecule has 4 rings (SSSR count). The number of thiophene rings is 1. The van der Waals surface area contributed by atoms with Gasteiger partial charge in [0.05, 0.1) is 17.8 Å². The van der Waals surface area contributed by atoms with Gasteiger partial charge in [0.1, 0.15) is 4.83 Å². The Bertz CT molecular complexity index is 1150. The average molecular weight is 466 g/mol. The van der Waals surface area contributed by atoms with Crippen LogP contribution in [0.1, 0.15) is 42.7 Å². The second-order valence-electron chi connectivity index (χ2n) is 8.39. The van der Waals surface area contributed by atoms with Crippen molar-refractivity contribution in [2.75, 3.05) is 6.61 Å². The van der Waals surface area contributed by atoms with Gasteiger partial charge in [0.15, 0.2) is 17.5 Å². The first-order chi connectivity index (χ1) is 15.3. The van der Waals surface area contributed by atoms with Crippen LogP contribution in [0.25, 0.3) is 10.2 Å². The monoisotopic (exact) mass is 465 g/mol. The molecular weight excluding hydrogens is 439 g/mol. The number of aryl methyl sites for hydroxylation is 2. The number of rotatable bonds is 8. The summed E-state index contributed by atoms with van der Waals surface area (Å²) in [6, 6.07) is 2.12. The van der Waals surface area contributed by atoms with E-state index in [9.17, 15) is 18.0 Å². The summed E-state index contributed by atoms with van der Waals surface area (Å²) in [5.74, 6) is -3.82. The highest BCUT2D eigenvalue weighted by molar-refractivity contribution is 7.18. The number of benzene rings is 1. The van der Waals surface area contributed by atoms with E-state index in [1.807, 2.05) is 13.8 Å². The minimum absolute atomic E-state index is 0.0132. The molecule has 1 aliphatic carbocycles. The first-order valence-electron chi connectivity index (χ1n) is 10.8. The number of hydrogen-bond donors (Lipinski definition) is 1. The van der Waals surface area contributed by atoms with E-state index >= 15 is 0 Å². The van der Waals surface area contributed by atoms with Crippen LogP contribution in [0, 0.1) is 17.5 Å². The maximum Gasteiger partial charge on any atom is 0.262 e. The van der Waals surface area contributed by atoms with E-state index in [1.165, 1.54) is 11.3 Å². The summed E-state index contributed by atoms with van der Waals surface area (Å²) in [7, 11) is 0. The van der Waals surface area contributed by atoms with Crippen molar-refractivity contribution in [2.24, 2.45) is 0 Å². The summed E-state index contributed by atoms with van der Waals surface area (Å²) in [5.41, 5.74) is 1.41. The van der Waals surface area contributed by atoms with E-state index in [0.29, 0.717) is 30.5 Å². The first kappa shape index (κ1) is 22.9. The molecule has 0 aliphatic heterocycles. The summed E-state index contributed by atoms with van der Waals surface area (Å²) in [4.78, 5) is 19.4. The third-order valence-corrected chi connectivity index (χ3v) is 6.83. The predicted octanol–water partition coefficient (Wildman–Crippen LogP) is 4.34. The first-order valence-corrected chi connectivity index (χ1v) is 11.6. The Morgan fingerprint density at radius 1 is 1.28 bits per heavy atom. The normalized spacial score (nSPS) is 16.1. The van der Waals surface area contributed by atoms with Crippen LogP contribution in [0.4, 0.5) is 13.2 Å². The molecular formula is C23H26F3N3O2S. The second kappa shape index (κ2) is 9.72. The Labute approximate surface area is 188 Å². The molecule has 0 amide bonds. The summed E-state index contributed by atoms with van der Waals surface area (Å²) in [6.07, 6.45) is 4.75. The number of aromatic nitrogens is 2. The van der Waals surface area contributed by atoms with Crippen LogP contribution in [0.5, 0.6) is 0 Å². The molecule has 0 unspecified atom stereocenters. The van der Waals surface area contributed by atoms with Crippen molar-refractivity contribution in [3.05, 3.63) is 62.3 Å². The summed E-state index contributed by atoms with van der Waals surface area (Å²) in [6.45, 7) is 5.36. The van der Waals surface area contributed by atoms with Crippen molar-refractivity contribution in [3.63, 3.8) is 0 Å². The molecule has 2 heterocycles. The predicted molar refractivity (Wildman–Crippen MR) is 119 cm³/mol. The Balaban J connectivity index is 1.44. The van der Waals surface area contributed by atoms with Crippen LogP contribution < -0.4 is 10.9 Å². The topological polar surface area (TPSA) is 56.2 Å². The van der Waals surface area contributed by atoms with Gasteiger partial charge < -0.3 is 10.1 Å². The van der Waals surface area contributed by atoms with Gasteiger partial charge in [0, 0.05) is 30.6 Å². The number of halogens is 3. The molecule has 0 radical (unpaired) electrons. The lowest BCUT2D eigenvalue weighted by molar-refractivity contribution is 0.0747. The number of nitrogens with one attached hydrogen (secondary N) is 1. The molecule has 0 saturated heterocycles. The van der Waals surface area contributed by atoms with Gasteiger partial charge in [-0.05, 0) is 62.8 Å². The number of nitrogens with zero attached hydrogens (tertiary/aromatic N) is 2. The second-order valence-corrected chi connectivity index (χ2v) is 9.48. The van der Waals surface area contributed by atoms with Crippen LogP contribution in [0.3, 0.4) is 0 Å². The van der Waals surface area contributed by atoms with E-state index < -0.39 is 17.5 Å². The highest BCUT2D eigenvalue weighted by atomic mass is 32.1. The van der Waals surface area contributed by atoms with Crippen molar-refractivity contribution in [1.82, 2.24) is 14.9 Å². The molecule has 1 atom stereocenters. The third kappa shape index (κ3) is 4.89. The van der Waals surface area contributed by atoms with Gasteiger partial charge in [0.2, 0.25) is 0 Å². The molecule has 0 fully saturated rings. The largest absolute Gasteiger partial charge is 0.379 e. The fourth-order valence-electron chi connectivity index (χ4n) is 4.06. The smallest absolute Gasteiger partial charge is 0.262 e. The van der Waals surface area contributed by atoms with Crippen molar-refractivity contribution in [2.45, 2.75) is 64.8 Å². The van der Waals surface area contributed by atoms with Gasteiger partial charge in [-0.3, -0.25) is 9.36 Å². The molecule has 3 aromatic rings. The molecule has 1 aliphatic rings. The van der Waals surface area contributed by atoms with Gasteiger partial charge in [0.25, 0.3) is 5.56 Å². The standard InChI is InChI=1S/C23H26F3N3O2S/c1-13(2)31-7-3-6-29-12-28-22-20(23(29)30)16-5-4-15(10-19(16)32-22)27-11-14-8-17(24)21(26)18(25)9-14/h8-9,12-13,15,27H,3-7,10-11H2,1-2H3/t15-/m1/s1. The molecule has 32 heavy (non-hydrogen) atoms. The zero-order valence-corrected chi connectivity index (χ0v) is 18.9. The van der Waals surface area contributed by atoms with Gasteiger partial charge in [-0.2, -0.15) is 0 Å². The lowest BCUT2D eigenvalue weighted by Gasteiger charge is -2.23. The molecule has 0 bridgehead atoms. The zero-order valence-electron chi connectivity index (χ0n) is 18.1. The molecule has 9 heteroatoms. The maximum atomic E-state index is 13.4. The highest BCUT2D eigenvalue weighted by Crippen LogP contribution is 2.33. The SMILES string of the molecule is CC(C)OCCCn1cnc2sc3c(c2c1=O)CC[C@@H](NCc1cc(F)c(F)c(F)c1)C3. The molecule has 0 saturated carbocycles. The Kier molecular flexibility index (Phi) is 6.97. The van der Waals surface area contributed by atoms with E-state index in [0.717, 1.165) is 46.7 Å². The zero-order chi connectivity index (χ0) is 22.8. The van der Waals surface area contributed by atoms with Crippen molar-refractivity contribution in [3.8, 4) is 0 Å². The summed E-state index contributed by atoms with van der Waals surface area (Å²) in [5, 5.41) is 4.01. The molecule has 1 N–H and O–H groups in total. The van der Waals surface area contributed by atoms with E-state index in [2.05, 4.69) is 10.3 Å². The molecule has 0 spiro atoms. The van der Waals surface area contributed by atoms with Gasteiger partial charge in [-0.1, -0.05) is 0 Å². The average Bonchev–Trinajstić information content (AvgIpc) is 3.13.